The van der Waals surface area contributed by atoms with Gasteiger partial charge in [-0.05, 0) is 61.8 Å². The number of nitrogens with zero attached hydrogens (tertiary/aromatic N) is 2. The average Bonchev–Trinajstić information content (AvgIpc) is 2.98. The number of fused-ring (bicyclic) bond motifs is 1. The Morgan fingerprint density at radius 1 is 1.32 bits per heavy atom. The van der Waals surface area contributed by atoms with Crippen molar-refractivity contribution in [3.05, 3.63) is 59.2 Å². The lowest BCUT2D eigenvalue weighted by Crippen LogP contribution is -2.03. The molecule has 0 amide bonds. The Bertz CT molecular complexity index is 652. The fraction of sp³-hybridized carbons (Fsp3) is 0.389. The molecule has 0 radical (unpaired) electrons. The SMILES string of the molecule is COC(=O)c1ccc(CCCC2CCc3ncccc32)nc1. The Labute approximate surface area is 130 Å². The van der Waals surface area contributed by atoms with Gasteiger partial charge in [0, 0.05) is 23.8 Å². The van der Waals surface area contributed by atoms with Gasteiger partial charge in [-0.25, -0.2) is 4.79 Å². The molecule has 4 heteroatoms. The Kier molecular flexibility index (Phi) is 4.47. The molecule has 0 bridgehead atoms. The zero-order valence-electron chi connectivity index (χ0n) is 12.8. The number of hydrogen-bond donors (Lipinski definition) is 0. The lowest BCUT2D eigenvalue weighted by atomic mass is 9.96. The van der Waals surface area contributed by atoms with E-state index in [1.807, 2.05) is 18.3 Å². The molecule has 1 unspecified atom stereocenters. The first-order valence-corrected chi connectivity index (χ1v) is 7.75. The molecule has 0 N–H and O–H groups in total. The molecule has 0 spiro atoms. The Balaban J connectivity index is 1.53. The summed E-state index contributed by atoms with van der Waals surface area (Å²) < 4.78 is 4.67. The van der Waals surface area contributed by atoms with E-state index in [0.29, 0.717) is 11.5 Å². The maximum absolute atomic E-state index is 11.4. The maximum atomic E-state index is 11.4. The molecule has 1 aliphatic rings. The quantitative estimate of drug-likeness (QED) is 0.794. The molecule has 1 aliphatic carbocycles. The van der Waals surface area contributed by atoms with Crippen LogP contribution >= 0.6 is 0 Å². The largest absolute Gasteiger partial charge is 0.465 e. The third-order valence-electron chi connectivity index (χ3n) is 4.33. The van der Waals surface area contributed by atoms with Crippen LogP contribution in [0.25, 0.3) is 0 Å². The zero-order valence-corrected chi connectivity index (χ0v) is 12.8. The molecular formula is C18H20N2O2. The average molecular weight is 296 g/mol. The van der Waals surface area contributed by atoms with Crippen LogP contribution in [0.2, 0.25) is 0 Å². The van der Waals surface area contributed by atoms with Gasteiger partial charge in [-0.2, -0.15) is 0 Å². The van der Waals surface area contributed by atoms with E-state index in [1.54, 1.807) is 12.3 Å². The summed E-state index contributed by atoms with van der Waals surface area (Å²) in [5, 5.41) is 0. The van der Waals surface area contributed by atoms with Crippen LogP contribution in [0.1, 0.15) is 52.5 Å². The molecule has 2 aromatic heterocycles. The second kappa shape index (κ2) is 6.69. The van der Waals surface area contributed by atoms with Crippen molar-refractivity contribution in [1.82, 2.24) is 9.97 Å². The molecule has 22 heavy (non-hydrogen) atoms. The highest BCUT2D eigenvalue weighted by Crippen LogP contribution is 2.35. The topological polar surface area (TPSA) is 52.1 Å². The van der Waals surface area contributed by atoms with Crippen LogP contribution < -0.4 is 0 Å². The van der Waals surface area contributed by atoms with Crippen LogP contribution in [0.3, 0.4) is 0 Å². The zero-order chi connectivity index (χ0) is 15.4. The fourth-order valence-electron chi connectivity index (χ4n) is 3.14. The minimum atomic E-state index is -0.339. The van der Waals surface area contributed by atoms with Crippen molar-refractivity contribution >= 4 is 5.97 Å². The third-order valence-corrected chi connectivity index (χ3v) is 4.33. The van der Waals surface area contributed by atoms with E-state index in [1.165, 1.54) is 31.2 Å². The van der Waals surface area contributed by atoms with E-state index >= 15 is 0 Å². The molecule has 0 aliphatic heterocycles. The monoisotopic (exact) mass is 296 g/mol. The summed E-state index contributed by atoms with van der Waals surface area (Å²) in [5.74, 6) is 0.298. The molecule has 3 rings (SSSR count). The van der Waals surface area contributed by atoms with Crippen molar-refractivity contribution in [2.75, 3.05) is 7.11 Å². The molecule has 2 aromatic rings. The minimum absolute atomic E-state index is 0.339. The summed E-state index contributed by atoms with van der Waals surface area (Å²) in [7, 11) is 1.38. The van der Waals surface area contributed by atoms with E-state index in [0.717, 1.165) is 25.0 Å². The lowest BCUT2D eigenvalue weighted by Gasteiger charge is -2.10. The van der Waals surface area contributed by atoms with Gasteiger partial charge in [-0.1, -0.05) is 6.07 Å². The number of carbonyl (C=O) groups excluding carboxylic acids is 1. The summed E-state index contributed by atoms with van der Waals surface area (Å²) >= 11 is 0. The molecule has 2 heterocycles. The minimum Gasteiger partial charge on any atom is -0.465 e. The van der Waals surface area contributed by atoms with Gasteiger partial charge < -0.3 is 4.74 Å². The third kappa shape index (κ3) is 3.16. The summed E-state index contributed by atoms with van der Waals surface area (Å²) in [4.78, 5) is 20.2. The Morgan fingerprint density at radius 3 is 3.00 bits per heavy atom. The van der Waals surface area contributed by atoms with Crippen LogP contribution in [0.5, 0.6) is 0 Å². The Morgan fingerprint density at radius 2 is 2.23 bits per heavy atom. The number of hydrogen-bond acceptors (Lipinski definition) is 4. The molecule has 0 aromatic carbocycles. The smallest absolute Gasteiger partial charge is 0.339 e. The number of esters is 1. The number of aromatic nitrogens is 2. The molecule has 0 saturated heterocycles. The second-order valence-electron chi connectivity index (χ2n) is 5.70. The van der Waals surface area contributed by atoms with Crippen LogP contribution in [-0.2, 0) is 17.6 Å². The Hall–Kier alpha value is -2.23. The van der Waals surface area contributed by atoms with E-state index in [2.05, 4.69) is 20.8 Å². The molecule has 0 fully saturated rings. The van der Waals surface area contributed by atoms with E-state index in [9.17, 15) is 4.79 Å². The van der Waals surface area contributed by atoms with Crippen molar-refractivity contribution < 1.29 is 9.53 Å². The van der Waals surface area contributed by atoms with Gasteiger partial charge >= 0.3 is 5.97 Å². The van der Waals surface area contributed by atoms with Crippen molar-refractivity contribution in [1.29, 1.82) is 0 Å². The first-order chi connectivity index (χ1) is 10.8. The normalized spacial score (nSPS) is 16.3. The summed E-state index contributed by atoms with van der Waals surface area (Å²) in [6.45, 7) is 0. The van der Waals surface area contributed by atoms with Crippen LogP contribution in [0.15, 0.2) is 36.7 Å². The van der Waals surface area contributed by atoms with E-state index in [4.69, 9.17) is 0 Å². The molecule has 114 valence electrons. The van der Waals surface area contributed by atoms with Crippen molar-refractivity contribution in [3.8, 4) is 0 Å². The van der Waals surface area contributed by atoms with Crippen molar-refractivity contribution in [2.45, 2.75) is 38.0 Å². The first kappa shape index (κ1) is 14.7. The predicted molar refractivity (Wildman–Crippen MR) is 83.8 cm³/mol. The fourth-order valence-corrected chi connectivity index (χ4v) is 3.14. The highest BCUT2D eigenvalue weighted by atomic mass is 16.5. The van der Waals surface area contributed by atoms with Gasteiger partial charge in [0.2, 0.25) is 0 Å². The number of carbonyl (C=O) groups is 1. The summed E-state index contributed by atoms with van der Waals surface area (Å²) in [5.41, 5.74) is 4.23. The van der Waals surface area contributed by atoms with Crippen molar-refractivity contribution in [2.24, 2.45) is 0 Å². The standard InChI is InChI=1S/C18H20N2O2/c1-22-18(21)14-7-9-15(20-12-14)5-2-4-13-8-10-17-16(13)6-3-11-19-17/h3,6-7,9,11-13H,2,4-5,8,10H2,1H3. The van der Waals surface area contributed by atoms with Gasteiger partial charge in [0.15, 0.2) is 0 Å². The number of ether oxygens (including phenoxy) is 1. The summed E-state index contributed by atoms with van der Waals surface area (Å²) in [6, 6.07) is 7.94. The first-order valence-electron chi connectivity index (χ1n) is 7.75. The number of methoxy groups -OCH3 is 1. The summed E-state index contributed by atoms with van der Waals surface area (Å²) in [6.07, 6.45) is 8.99. The van der Waals surface area contributed by atoms with Gasteiger partial charge in [0.25, 0.3) is 0 Å². The van der Waals surface area contributed by atoms with E-state index < -0.39 is 0 Å². The van der Waals surface area contributed by atoms with Crippen LogP contribution in [0.4, 0.5) is 0 Å². The van der Waals surface area contributed by atoms with Gasteiger partial charge in [-0.3, -0.25) is 9.97 Å². The maximum Gasteiger partial charge on any atom is 0.339 e. The number of pyridine rings is 2. The van der Waals surface area contributed by atoms with Gasteiger partial charge in [0.05, 0.1) is 12.7 Å². The van der Waals surface area contributed by atoms with Crippen molar-refractivity contribution in [3.63, 3.8) is 0 Å². The molecular weight excluding hydrogens is 276 g/mol. The number of aryl methyl sites for hydroxylation is 2. The highest BCUT2D eigenvalue weighted by Gasteiger charge is 2.22. The molecule has 1 atom stereocenters. The van der Waals surface area contributed by atoms with Crippen LogP contribution in [-0.4, -0.2) is 23.0 Å². The van der Waals surface area contributed by atoms with E-state index in [-0.39, 0.29) is 5.97 Å². The van der Waals surface area contributed by atoms with Gasteiger partial charge in [-0.15, -0.1) is 0 Å². The van der Waals surface area contributed by atoms with Crippen LogP contribution in [0, 0.1) is 0 Å². The second-order valence-corrected chi connectivity index (χ2v) is 5.70. The molecule has 0 saturated carbocycles. The number of rotatable bonds is 5. The highest BCUT2D eigenvalue weighted by molar-refractivity contribution is 5.88. The predicted octanol–water partition coefficient (Wildman–Crippen LogP) is 3.32. The molecule has 4 nitrogen and oxygen atoms in total. The lowest BCUT2D eigenvalue weighted by molar-refractivity contribution is 0.0600. The van der Waals surface area contributed by atoms with Gasteiger partial charge in [0.1, 0.15) is 0 Å².